The number of ether oxygens (including phenoxy) is 2. The van der Waals surface area contributed by atoms with Crippen molar-refractivity contribution in [3.05, 3.63) is 97.8 Å². The van der Waals surface area contributed by atoms with Crippen molar-refractivity contribution in [2.24, 2.45) is 0 Å². The van der Waals surface area contributed by atoms with Gasteiger partial charge in [0.1, 0.15) is 5.58 Å². The van der Waals surface area contributed by atoms with Gasteiger partial charge in [-0.1, -0.05) is 55.1 Å². The molecule has 2 heterocycles. The van der Waals surface area contributed by atoms with E-state index in [0.29, 0.717) is 57.0 Å². The molecule has 196 valence electrons. The number of fused-ring (bicyclic) bond motifs is 2. The SMILES string of the molecule is CCCCCOc1ccc(C2c3c(oc4ccc(Cl)cc4c3=O)C(=O)N2c2cccc(Cl)c2)cc1OCC. The summed E-state index contributed by atoms with van der Waals surface area (Å²) in [7, 11) is 0. The van der Waals surface area contributed by atoms with Crippen molar-refractivity contribution in [2.75, 3.05) is 18.1 Å². The Morgan fingerprint density at radius 3 is 2.47 bits per heavy atom. The average molecular weight is 552 g/mol. The van der Waals surface area contributed by atoms with Crippen LogP contribution in [0.4, 0.5) is 5.69 Å². The van der Waals surface area contributed by atoms with Crippen LogP contribution in [0.3, 0.4) is 0 Å². The Hall–Kier alpha value is -3.48. The normalized spacial score (nSPS) is 14.7. The summed E-state index contributed by atoms with van der Waals surface area (Å²) in [5, 5.41) is 1.18. The standard InChI is InChI=1S/C30H27Cl2NO5/c1-3-5-6-14-37-24-12-10-18(15-25(24)36-4-2)27-26-28(34)22-17-20(32)11-13-23(22)38-29(26)30(35)33(27)21-9-7-8-19(31)16-21/h7-13,15-17,27H,3-6,14H2,1-2H3. The lowest BCUT2D eigenvalue weighted by Gasteiger charge is -2.26. The molecule has 6 nitrogen and oxygen atoms in total. The highest BCUT2D eigenvalue weighted by molar-refractivity contribution is 6.31. The Kier molecular flexibility index (Phi) is 7.63. The van der Waals surface area contributed by atoms with Gasteiger partial charge in [0.25, 0.3) is 5.91 Å². The van der Waals surface area contributed by atoms with Crippen LogP contribution in [0, 0.1) is 0 Å². The third-order valence-corrected chi connectivity index (χ3v) is 6.98. The quantitative estimate of drug-likeness (QED) is 0.198. The van der Waals surface area contributed by atoms with Crippen LogP contribution >= 0.6 is 23.2 Å². The zero-order valence-electron chi connectivity index (χ0n) is 21.1. The molecule has 8 heteroatoms. The van der Waals surface area contributed by atoms with E-state index in [2.05, 4.69) is 6.92 Å². The Morgan fingerprint density at radius 1 is 0.895 bits per heavy atom. The molecule has 0 fully saturated rings. The fraction of sp³-hybridized carbons (Fsp3) is 0.267. The molecule has 4 aromatic rings. The Morgan fingerprint density at radius 2 is 1.71 bits per heavy atom. The zero-order valence-corrected chi connectivity index (χ0v) is 22.6. The smallest absolute Gasteiger partial charge is 0.295 e. The number of benzene rings is 3. The molecule has 5 rings (SSSR count). The van der Waals surface area contributed by atoms with Crippen LogP contribution in [-0.2, 0) is 0 Å². The lowest BCUT2D eigenvalue weighted by Crippen LogP contribution is -2.29. The first-order valence-corrected chi connectivity index (χ1v) is 13.4. The number of hydrogen-bond donors (Lipinski definition) is 0. The van der Waals surface area contributed by atoms with Gasteiger partial charge in [-0.25, -0.2) is 0 Å². The van der Waals surface area contributed by atoms with E-state index in [-0.39, 0.29) is 16.8 Å². The third-order valence-electron chi connectivity index (χ3n) is 6.51. The lowest BCUT2D eigenvalue weighted by atomic mass is 9.97. The highest BCUT2D eigenvalue weighted by atomic mass is 35.5. The molecule has 0 radical (unpaired) electrons. The molecule has 1 unspecified atom stereocenters. The largest absolute Gasteiger partial charge is 0.490 e. The highest BCUT2D eigenvalue weighted by Gasteiger charge is 2.44. The molecule has 0 saturated heterocycles. The van der Waals surface area contributed by atoms with Gasteiger partial charge in [0, 0.05) is 15.7 Å². The summed E-state index contributed by atoms with van der Waals surface area (Å²) < 4.78 is 17.9. The number of rotatable bonds is 9. The van der Waals surface area contributed by atoms with Gasteiger partial charge in [-0.05, 0) is 67.4 Å². The van der Waals surface area contributed by atoms with Crippen LogP contribution in [0.25, 0.3) is 11.0 Å². The van der Waals surface area contributed by atoms with Crippen molar-refractivity contribution in [3.8, 4) is 11.5 Å². The van der Waals surface area contributed by atoms with Gasteiger partial charge in [-0.3, -0.25) is 14.5 Å². The summed E-state index contributed by atoms with van der Waals surface area (Å²) in [6.07, 6.45) is 3.11. The molecule has 0 aliphatic carbocycles. The number of unbranched alkanes of at least 4 members (excludes halogenated alkanes) is 2. The van der Waals surface area contributed by atoms with Crippen molar-refractivity contribution in [3.63, 3.8) is 0 Å². The molecule has 0 N–H and O–H groups in total. The Balaban J connectivity index is 1.68. The van der Waals surface area contributed by atoms with Crippen LogP contribution in [0.15, 0.2) is 69.9 Å². The summed E-state index contributed by atoms with van der Waals surface area (Å²) in [6.45, 7) is 5.03. The van der Waals surface area contributed by atoms with E-state index >= 15 is 0 Å². The number of carbonyl (C=O) groups is 1. The van der Waals surface area contributed by atoms with Gasteiger partial charge >= 0.3 is 0 Å². The maximum absolute atomic E-state index is 13.8. The van der Waals surface area contributed by atoms with Crippen molar-refractivity contribution in [1.29, 1.82) is 0 Å². The van der Waals surface area contributed by atoms with E-state index in [1.54, 1.807) is 42.5 Å². The fourth-order valence-electron chi connectivity index (χ4n) is 4.77. The first kappa shape index (κ1) is 26.1. The van der Waals surface area contributed by atoms with Crippen molar-refractivity contribution < 1.29 is 18.7 Å². The summed E-state index contributed by atoms with van der Waals surface area (Å²) in [6, 6.07) is 16.5. The molecule has 1 aliphatic heterocycles. The molecule has 0 saturated carbocycles. The summed E-state index contributed by atoms with van der Waals surface area (Å²) in [5.41, 5.74) is 1.44. The van der Waals surface area contributed by atoms with Gasteiger partial charge in [-0.15, -0.1) is 0 Å². The second-order valence-electron chi connectivity index (χ2n) is 9.07. The molecular formula is C30H27Cl2NO5. The summed E-state index contributed by atoms with van der Waals surface area (Å²) in [5.74, 6) is 0.719. The lowest BCUT2D eigenvalue weighted by molar-refractivity contribution is 0.0971. The zero-order chi connectivity index (χ0) is 26.8. The molecular weight excluding hydrogens is 525 g/mol. The molecule has 0 bridgehead atoms. The minimum Gasteiger partial charge on any atom is -0.490 e. The monoisotopic (exact) mass is 551 g/mol. The predicted molar refractivity (Wildman–Crippen MR) is 150 cm³/mol. The van der Waals surface area contributed by atoms with E-state index < -0.39 is 11.9 Å². The van der Waals surface area contributed by atoms with E-state index in [1.807, 2.05) is 25.1 Å². The first-order valence-electron chi connectivity index (χ1n) is 12.7. The van der Waals surface area contributed by atoms with E-state index in [9.17, 15) is 9.59 Å². The highest BCUT2D eigenvalue weighted by Crippen LogP contribution is 2.44. The molecule has 1 amide bonds. The second kappa shape index (κ2) is 11.1. The van der Waals surface area contributed by atoms with Gasteiger partial charge in [0.15, 0.2) is 16.9 Å². The van der Waals surface area contributed by atoms with E-state index in [0.717, 1.165) is 19.3 Å². The van der Waals surface area contributed by atoms with Crippen LogP contribution in [0.5, 0.6) is 11.5 Å². The molecule has 38 heavy (non-hydrogen) atoms. The molecule has 1 aromatic heterocycles. The summed E-state index contributed by atoms with van der Waals surface area (Å²) in [4.78, 5) is 29.2. The van der Waals surface area contributed by atoms with Crippen molar-refractivity contribution >= 4 is 45.8 Å². The Labute approximate surface area is 230 Å². The molecule has 1 aliphatic rings. The topological polar surface area (TPSA) is 69.0 Å². The first-order chi connectivity index (χ1) is 18.4. The number of carbonyl (C=O) groups excluding carboxylic acids is 1. The number of nitrogens with zero attached hydrogens (tertiary/aromatic N) is 1. The number of anilines is 1. The van der Waals surface area contributed by atoms with Gasteiger partial charge in [0.05, 0.1) is 30.2 Å². The summed E-state index contributed by atoms with van der Waals surface area (Å²) >= 11 is 12.5. The maximum Gasteiger partial charge on any atom is 0.295 e. The molecule has 1 atom stereocenters. The Bertz CT molecular complexity index is 1560. The van der Waals surface area contributed by atoms with E-state index in [1.165, 1.54) is 4.90 Å². The van der Waals surface area contributed by atoms with Crippen LogP contribution in [0.2, 0.25) is 10.0 Å². The van der Waals surface area contributed by atoms with E-state index in [4.69, 9.17) is 37.1 Å². The minimum absolute atomic E-state index is 0.00681. The number of hydrogen-bond acceptors (Lipinski definition) is 5. The molecule has 3 aromatic carbocycles. The van der Waals surface area contributed by atoms with Gasteiger partial charge in [-0.2, -0.15) is 0 Å². The van der Waals surface area contributed by atoms with Crippen LogP contribution in [-0.4, -0.2) is 19.1 Å². The van der Waals surface area contributed by atoms with Crippen molar-refractivity contribution in [2.45, 2.75) is 39.2 Å². The molecule has 0 spiro atoms. The number of halogens is 2. The van der Waals surface area contributed by atoms with Crippen LogP contribution in [0.1, 0.15) is 60.8 Å². The van der Waals surface area contributed by atoms with Gasteiger partial charge < -0.3 is 13.9 Å². The van der Waals surface area contributed by atoms with Gasteiger partial charge in [0.2, 0.25) is 5.76 Å². The second-order valence-corrected chi connectivity index (χ2v) is 9.94. The van der Waals surface area contributed by atoms with Crippen molar-refractivity contribution in [1.82, 2.24) is 0 Å². The predicted octanol–water partition coefficient (Wildman–Crippen LogP) is 7.82. The number of amides is 1. The third kappa shape index (κ3) is 4.86. The van der Waals surface area contributed by atoms with Crippen LogP contribution < -0.4 is 19.8 Å². The fourth-order valence-corrected chi connectivity index (χ4v) is 5.13. The maximum atomic E-state index is 13.8. The minimum atomic E-state index is -0.774. The average Bonchev–Trinajstić information content (AvgIpc) is 3.20.